The number of hydrogen-bond acceptors (Lipinski definition) is 5. The van der Waals surface area contributed by atoms with Crippen LogP contribution in [0.5, 0.6) is 0 Å². The number of nitriles is 1. The molecule has 3 N–H and O–H groups in total. The summed E-state index contributed by atoms with van der Waals surface area (Å²) < 4.78 is 28.0. The zero-order valence-corrected chi connectivity index (χ0v) is 9.15. The number of nitrogens with zero attached hydrogens (tertiary/aromatic N) is 2. The van der Waals surface area contributed by atoms with Gasteiger partial charge in [0.1, 0.15) is 11.8 Å². The van der Waals surface area contributed by atoms with Crippen LogP contribution in [0.3, 0.4) is 0 Å². The van der Waals surface area contributed by atoms with Gasteiger partial charge in [-0.1, -0.05) is 0 Å². The highest BCUT2D eigenvalue weighted by Crippen LogP contribution is 2.17. The molecular weight excluding hydrogens is 230 g/mol. The highest BCUT2D eigenvalue weighted by atomic mass is 19.3. The van der Waals surface area contributed by atoms with Crippen molar-refractivity contribution < 1.29 is 13.5 Å². The van der Waals surface area contributed by atoms with Gasteiger partial charge in [-0.2, -0.15) is 14.0 Å². The first-order valence-corrected chi connectivity index (χ1v) is 4.86. The fourth-order valence-electron chi connectivity index (χ4n) is 1.16. The smallest absolute Gasteiger partial charge is 0.345 e. The second-order valence-corrected chi connectivity index (χ2v) is 3.36. The second-order valence-electron chi connectivity index (χ2n) is 3.36. The first-order valence-electron chi connectivity index (χ1n) is 4.86. The summed E-state index contributed by atoms with van der Waals surface area (Å²) in [5, 5.41) is 11.4. The van der Waals surface area contributed by atoms with Crippen molar-refractivity contribution in [3.05, 3.63) is 18.0 Å². The minimum absolute atomic E-state index is 0.169. The maximum absolute atomic E-state index is 11.9. The average Bonchev–Trinajstić information content (AvgIpc) is 2.26. The van der Waals surface area contributed by atoms with E-state index in [1.807, 2.05) is 6.07 Å². The van der Waals surface area contributed by atoms with Crippen LogP contribution in [0.4, 0.5) is 20.2 Å². The normalized spacial score (nSPS) is 12.2. The van der Waals surface area contributed by atoms with E-state index in [0.717, 1.165) is 0 Å². The van der Waals surface area contributed by atoms with E-state index >= 15 is 0 Å². The second kappa shape index (κ2) is 5.96. The van der Waals surface area contributed by atoms with Crippen LogP contribution in [0.2, 0.25) is 0 Å². The number of anilines is 2. The van der Waals surface area contributed by atoms with Crippen molar-refractivity contribution in [1.29, 1.82) is 5.26 Å². The predicted octanol–water partition coefficient (Wildman–Crippen LogP) is 1.58. The minimum Gasteiger partial charge on any atom is -0.397 e. The summed E-state index contributed by atoms with van der Waals surface area (Å²) in [6.45, 7) is -1.13. The van der Waals surface area contributed by atoms with E-state index in [-0.39, 0.29) is 12.2 Å². The summed E-state index contributed by atoms with van der Waals surface area (Å²) in [7, 11) is 0. The molecule has 0 saturated carbocycles. The SMILES string of the molecule is C[C@H](CNc1cnc(C#N)cc1N)OC(F)F. The summed E-state index contributed by atoms with van der Waals surface area (Å²) in [4.78, 5) is 3.80. The van der Waals surface area contributed by atoms with Crippen LogP contribution < -0.4 is 11.1 Å². The first kappa shape index (κ1) is 13.1. The number of nitrogens with two attached hydrogens (primary N) is 1. The van der Waals surface area contributed by atoms with Crippen molar-refractivity contribution >= 4 is 11.4 Å². The number of pyridine rings is 1. The summed E-state index contributed by atoms with van der Waals surface area (Å²) in [5.74, 6) is 0. The van der Waals surface area contributed by atoms with Crippen molar-refractivity contribution in [1.82, 2.24) is 4.98 Å². The third-order valence-corrected chi connectivity index (χ3v) is 1.97. The molecule has 0 bridgehead atoms. The van der Waals surface area contributed by atoms with E-state index in [4.69, 9.17) is 11.0 Å². The van der Waals surface area contributed by atoms with Crippen LogP contribution in [0.1, 0.15) is 12.6 Å². The maximum atomic E-state index is 11.9. The van der Waals surface area contributed by atoms with Gasteiger partial charge in [0.15, 0.2) is 0 Å². The molecule has 0 amide bonds. The molecule has 0 aliphatic carbocycles. The van der Waals surface area contributed by atoms with Gasteiger partial charge >= 0.3 is 6.61 Å². The van der Waals surface area contributed by atoms with Gasteiger partial charge < -0.3 is 15.8 Å². The lowest BCUT2D eigenvalue weighted by atomic mass is 10.3. The van der Waals surface area contributed by atoms with Gasteiger partial charge in [-0.25, -0.2) is 4.98 Å². The van der Waals surface area contributed by atoms with E-state index in [1.165, 1.54) is 19.2 Å². The molecule has 1 atom stereocenters. The molecule has 0 spiro atoms. The fraction of sp³-hybridized carbons (Fsp3) is 0.400. The zero-order valence-electron chi connectivity index (χ0n) is 9.15. The Morgan fingerprint density at radius 2 is 2.35 bits per heavy atom. The lowest BCUT2D eigenvalue weighted by Gasteiger charge is -2.14. The largest absolute Gasteiger partial charge is 0.397 e. The Morgan fingerprint density at radius 3 is 2.88 bits per heavy atom. The summed E-state index contributed by atoms with van der Waals surface area (Å²) in [6.07, 6.45) is 0.716. The molecule has 5 nitrogen and oxygen atoms in total. The lowest BCUT2D eigenvalue weighted by Crippen LogP contribution is -2.22. The Bertz CT molecular complexity index is 419. The number of hydrogen-bond donors (Lipinski definition) is 2. The highest BCUT2D eigenvalue weighted by Gasteiger charge is 2.10. The van der Waals surface area contributed by atoms with Crippen molar-refractivity contribution in [3.63, 3.8) is 0 Å². The van der Waals surface area contributed by atoms with Gasteiger partial charge in [0.25, 0.3) is 0 Å². The van der Waals surface area contributed by atoms with Crippen LogP contribution in [-0.4, -0.2) is 24.2 Å². The molecular formula is C10H12F2N4O. The Labute approximate surface area is 97.2 Å². The Kier molecular flexibility index (Phi) is 4.60. The molecule has 92 valence electrons. The van der Waals surface area contributed by atoms with Gasteiger partial charge in [0.05, 0.1) is 23.7 Å². The Hall–Kier alpha value is -1.94. The van der Waals surface area contributed by atoms with E-state index in [1.54, 1.807) is 0 Å². The van der Waals surface area contributed by atoms with Gasteiger partial charge in [-0.15, -0.1) is 0 Å². The summed E-state index contributed by atoms with van der Waals surface area (Å²) in [5.41, 5.74) is 6.66. The number of nitrogen functional groups attached to an aromatic ring is 1. The van der Waals surface area contributed by atoms with E-state index in [2.05, 4.69) is 15.0 Å². The van der Waals surface area contributed by atoms with Crippen molar-refractivity contribution in [3.8, 4) is 6.07 Å². The number of halogens is 2. The van der Waals surface area contributed by atoms with Crippen LogP contribution in [0.15, 0.2) is 12.3 Å². The molecule has 1 rings (SSSR count). The molecule has 0 aliphatic heterocycles. The Morgan fingerprint density at radius 1 is 1.65 bits per heavy atom. The van der Waals surface area contributed by atoms with Gasteiger partial charge in [-0.3, -0.25) is 0 Å². The molecule has 0 aliphatic rings. The van der Waals surface area contributed by atoms with E-state index in [0.29, 0.717) is 11.4 Å². The number of aromatic nitrogens is 1. The van der Waals surface area contributed by atoms with Crippen molar-refractivity contribution in [2.24, 2.45) is 0 Å². The van der Waals surface area contributed by atoms with E-state index in [9.17, 15) is 8.78 Å². The summed E-state index contributed by atoms with van der Waals surface area (Å²) in [6, 6.07) is 3.25. The molecule has 17 heavy (non-hydrogen) atoms. The summed E-state index contributed by atoms with van der Waals surface area (Å²) >= 11 is 0. The molecule has 7 heteroatoms. The number of alkyl halides is 2. The molecule has 0 radical (unpaired) electrons. The number of nitrogens with one attached hydrogen (secondary N) is 1. The molecule has 0 saturated heterocycles. The van der Waals surface area contributed by atoms with Gasteiger partial charge in [0, 0.05) is 6.54 Å². The van der Waals surface area contributed by atoms with Crippen LogP contribution in [0, 0.1) is 11.3 Å². The predicted molar refractivity (Wildman–Crippen MR) is 58.4 cm³/mol. The fourth-order valence-corrected chi connectivity index (χ4v) is 1.16. The van der Waals surface area contributed by atoms with Gasteiger partial charge in [0.2, 0.25) is 0 Å². The van der Waals surface area contributed by atoms with Crippen LogP contribution >= 0.6 is 0 Å². The highest BCUT2D eigenvalue weighted by molar-refractivity contribution is 5.65. The molecule has 1 heterocycles. The molecule has 1 aromatic heterocycles. The number of rotatable bonds is 5. The molecule has 1 aromatic rings. The maximum Gasteiger partial charge on any atom is 0.345 e. The lowest BCUT2D eigenvalue weighted by molar-refractivity contribution is -0.153. The molecule has 0 unspecified atom stereocenters. The zero-order chi connectivity index (χ0) is 12.8. The monoisotopic (exact) mass is 242 g/mol. The first-order chi connectivity index (χ1) is 8.02. The third kappa shape index (κ3) is 4.20. The van der Waals surface area contributed by atoms with Crippen LogP contribution in [0.25, 0.3) is 0 Å². The standard InChI is InChI=1S/C10H12F2N4O/c1-6(17-10(11)12)4-16-9-5-15-7(3-13)2-8(9)14/h2,5-6,10,16H,4H2,1H3,(H2,14,15)/t6-/m1/s1. The van der Waals surface area contributed by atoms with Crippen molar-refractivity contribution in [2.75, 3.05) is 17.6 Å². The third-order valence-electron chi connectivity index (χ3n) is 1.97. The van der Waals surface area contributed by atoms with Crippen LogP contribution in [-0.2, 0) is 4.74 Å². The Balaban J connectivity index is 2.55. The van der Waals surface area contributed by atoms with Gasteiger partial charge in [-0.05, 0) is 13.0 Å². The minimum atomic E-state index is -2.80. The topological polar surface area (TPSA) is 84.0 Å². The number of ether oxygens (including phenoxy) is 1. The molecule has 0 aromatic carbocycles. The van der Waals surface area contributed by atoms with Crippen molar-refractivity contribution in [2.45, 2.75) is 19.6 Å². The van der Waals surface area contributed by atoms with E-state index < -0.39 is 12.7 Å². The molecule has 0 fully saturated rings. The average molecular weight is 242 g/mol. The quantitative estimate of drug-likeness (QED) is 0.818.